The second kappa shape index (κ2) is 5.38. The van der Waals surface area contributed by atoms with Gasteiger partial charge in [-0.2, -0.15) is 0 Å². The summed E-state index contributed by atoms with van der Waals surface area (Å²) in [7, 11) is 0. The number of terminal acetylenes is 1. The highest BCUT2D eigenvalue weighted by Crippen LogP contribution is 2.22. The largest absolute Gasteiger partial charge is 0.389 e. The molecule has 0 saturated heterocycles. The number of hydrogen-bond donors (Lipinski definition) is 1. The van der Waals surface area contributed by atoms with E-state index in [2.05, 4.69) is 10.9 Å². The van der Waals surface area contributed by atoms with Crippen LogP contribution in [0.4, 0.5) is 5.82 Å². The van der Waals surface area contributed by atoms with E-state index >= 15 is 0 Å². The van der Waals surface area contributed by atoms with Crippen molar-refractivity contribution in [3.8, 4) is 12.3 Å². The molecule has 0 radical (unpaired) electrons. The molecule has 1 atom stereocenters. The van der Waals surface area contributed by atoms with E-state index in [1.807, 2.05) is 24.0 Å². The number of pyridine rings is 1. The van der Waals surface area contributed by atoms with Crippen LogP contribution in [0.1, 0.15) is 25.5 Å². The van der Waals surface area contributed by atoms with Gasteiger partial charge in [0.15, 0.2) is 0 Å². The smallest absolute Gasteiger partial charge is 0.135 e. The maximum absolute atomic E-state index is 9.60. The molecular weight excluding hydrogens is 188 g/mol. The predicted octanol–water partition coefficient (Wildman–Crippen LogP) is 1.59. The van der Waals surface area contributed by atoms with Crippen molar-refractivity contribution in [1.29, 1.82) is 0 Å². The first-order chi connectivity index (χ1) is 7.20. The minimum atomic E-state index is -0.527. The van der Waals surface area contributed by atoms with Crippen molar-refractivity contribution in [2.75, 3.05) is 18.0 Å². The summed E-state index contributed by atoms with van der Waals surface area (Å²) in [5.74, 6) is 3.36. The fourth-order valence-electron chi connectivity index (χ4n) is 1.45. The fraction of sp³-hybridized carbons (Fsp3) is 0.417. The molecule has 1 aromatic rings. The Morgan fingerprint density at radius 3 is 2.93 bits per heavy atom. The van der Waals surface area contributed by atoms with Crippen LogP contribution in [0.2, 0.25) is 0 Å². The first-order valence-corrected chi connectivity index (χ1v) is 5.02. The lowest BCUT2D eigenvalue weighted by Gasteiger charge is -2.22. The number of aliphatic hydroxyl groups is 1. The molecule has 0 aliphatic rings. The lowest BCUT2D eigenvalue weighted by atomic mass is 10.1. The first-order valence-electron chi connectivity index (χ1n) is 5.02. The molecule has 0 aliphatic heterocycles. The third-order valence-electron chi connectivity index (χ3n) is 2.23. The molecule has 80 valence electrons. The summed E-state index contributed by atoms with van der Waals surface area (Å²) >= 11 is 0. The number of aliphatic hydroxyl groups excluding tert-OH is 1. The molecule has 1 aromatic heterocycles. The Bertz CT molecular complexity index is 355. The molecule has 0 unspecified atom stereocenters. The average Bonchev–Trinajstić information content (AvgIpc) is 2.26. The summed E-state index contributed by atoms with van der Waals surface area (Å²) in [6.45, 7) is 5.02. The van der Waals surface area contributed by atoms with Gasteiger partial charge in [0, 0.05) is 18.3 Å². The molecule has 0 fully saturated rings. The molecule has 0 aromatic carbocycles. The van der Waals surface area contributed by atoms with Gasteiger partial charge >= 0.3 is 0 Å². The molecule has 1 heterocycles. The number of anilines is 1. The van der Waals surface area contributed by atoms with Crippen molar-refractivity contribution < 1.29 is 5.11 Å². The van der Waals surface area contributed by atoms with Crippen LogP contribution in [0.15, 0.2) is 18.3 Å². The van der Waals surface area contributed by atoms with Gasteiger partial charge in [0.1, 0.15) is 5.82 Å². The van der Waals surface area contributed by atoms with Gasteiger partial charge in [-0.25, -0.2) is 4.98 Å². The molecule has 3 heteroatoms. The van der Waals surface area contributed by atoms with Crippen LogP contribution in [0.3, 0.4) is 0 Å². The first kappa shape index (κ1) is 11.5. The zero-order valence-corrected chi connectivity index (χ0v) is 9.14. The Balaban J connectivity index is 3.06. The van der Waals surface area contributed by atoms with Crippen molar-refractivity contribution in [3.63, 3.8) is 0 Å². The summed E-state index contributed by atoms with van der Waals surface area (Å²) in [6.07, 6.45) is 6.47. The number of rotatable bonds is 4. The quantitative estimate of drug-likeness (QED) is 0.757. The second-order valence-corrected chi connectivity index (χ2v) is 3.31. The second-order valence-electron chi connectivity index (χ2n) is 3.31. The standard InChI is InChI=1S/C12H16N2O/c1-4-9-14(5-2)12-11(10(3)15)7-6-8-13-12/h1,6-8,10,15H,5,9H2,2-3H3/t10-/m0/s1. The summed E-state index contributed by atoms with van der Waals surface area (Å²) in [4.78, 5) is 6.22. The van der Waals surface area contributed by atoms with Crippen molar-refractivity contribution in [2.24, 2.45) is 0 Å². The molecule has 1 rings (SSSR count). The Morgan fingerprint density at radius 1 is 1.67 bits per heavy atom. The highest BCUT2D eigenvalue weighted by molar-refractivity contribution is 5.48. The van der Waals surface area contributed by atoms with Crippen molar-refractivity contribution in [2.45, 2.75) is 20.0 Å². The van der Waals surface area contributed by atoms with Gasteiger partial charge in [0.25, 0.3) is 0 Å². The lowest BCUT2D eigenvalue weighted by molar-refractivity contribution is 0.199. The summed E-state index contributed by atoms with van der Waals surface area (Å²) in [6, 6.07) is 3.68. The van der Waals surface area contributed by atoms with Crippen molar-refractivity contribution in [3.05, 3.63) is 23.9 Å². The number of aromatic nitrogens is 1. The SMILES string of the molecule is C#CCN(CC)c1ncccc1[C@H](C)O. The molecule has 0 bridgehead atoms. The van der Waals surface area contributed by atoms with Crippen LogP contribution in [0.5, 0.6) is 0 Å². The minimum absolute atomic E-state index is 0.507. The van der Waals surface area contributed by atoms with Crippen LogP contribution in [0.25, 0.3) is 0 Å². The maximum Gasteiger partial charge on any atom is 0.135 e. The van der Waals surface area contributed by atoms with Gasteiger partial charge < -0.3 is 10.0 Å². The highest BCUT2D eigenvalue weighted by Gasteiger charge is 2.13. The molecule has 15 heavy (non-hydrogen) atoms. The summed E-state index contributed by atoms with van der Waals surface area (Å²) in [5.41, 5.74) is 0.814. The van der Waals surface area contributed by atoms with Crippen LogP contribution in [-0.2, 0) is 0 Å². The van der Waals surface area contributed by atoms with Gasteiger partial charge in [0.05, 0.1) is 12.6 Å². The van der Waals surface area contributed by atoms with Crippen LogP contribution < -0.4 is 4.90 Å². The van der Waals surface area contributed by atoms with Gasteiger partial charge in [-0.1, -0.05) is 12.0 Å². The zero-order valence-electron chi connectivity index (χ0n) is 9.14. The van der Waals surface area contributed by atoms with E-state index in [4.69, 9.17) is 6.42 Å². The van der Waals surface area contributed by atoms with Crippen molar-refractivity contribution in [1.82, 2.24) is 4.98 Å². The highest BCUT2D eigenvalue weighted by atomic mass is 16.3. The van der Waals surface area contributed by atoms with E-state index < -0.39 is 6.10 Å². The number of nitrogens with zero attached hydrogens (tertiary/aromatic N) is 2. The molecular formula is C12H16N2O. The normalized spacial score (nSPS) is 11.9. The third-order valence-corrected chi connectivity index (χ3v) is 2.23. The van der Waals surface area contributed by atoms with Crippen LogP contribution in [-0.4, -0.2) is 23.2 Å². The molecule has 0 spiro atoms. The van der Waals surface area contributed by atoms with Crippen LogP contribution in [0, 0.1) is 12.3 Å². The van der Waals surface area contributed by atoms with E-state index in [1.165, 1.54) is 0 Å². The molecule has 3 nitrogen and oxygen atoms in total. The minimum Gasteiger partial charge on any atom is -0.389 e. The van der Waals surface area contributed by atoms with Gasteiger partial charge in [-0.3, -0.25) is 0 Å². The fourth-order valence-corrected chi connectivity index (χ4v) is 1.45. The molecule has 1 N–H and O–H groups in total. The van der Waals surface area contributed by atoms with Gasteiger partial charge in [-0.05, 0) is 19.9 Å². The van der Waals surface area contributed by atoms with Gasteiger partial charge in [0.2, 0.25) is 0 Å². The summed E-state index contributed by atoms with van der Waals surface area (Å²) in [5, 5.41) is 9.60. The Hall–Kier alpha value is -1.53. The molecule has 0 saturated carbocycles. The predicted molar refractivity (Wildman–Crippen MR) is 61.6 cm³/mol. The maximum atomic E-state index is 9.60. The van der Waals surface area contributed by atoms with E-state index in [-0.39, 0.29) is 0 Å². The molecule has 0 aliphatic carbocycles. The average molecular weight is 204 g/mol. The Kier molecular flexibility index (Phi) is 4.14. The van der Waals surface area contributed by atoms with E-state index in [1.54, 1.807) is 13.1 Å². The number of hydrogen-bond acceptors (Lipinski definition) is 3. The van der Waals surface area contributed by atoms with Crippen molar-refractivity contribution >= 4 is 5.82 Å². The Labute approximate surface area is 90.8 Å². The zero-order chi connectivity index (χ0) is 11.3. The summed E-state index contributed by atoms with van der Waals surface area (Å²) < 4.78 is 0. The van der Waals surface area contributed by atoms with Gasteiger partial charge in [-0.15, -0.1) is 6.42 Å². The van der Waals surface area contributed by atoms with Crippen LogP contribution >= 0.6 is 0 Å². The third kappa shape index (κ3) is 2.71. The van der Waals surface area contributed by atoms with E-state index in [9.17, 15) is 5.11 Å². The topological polar surface area (TPSA) is 36.4 Å². The Morgan fingerprint density at radius 2 is 2.40 bits per heavy atom. The van der Waals surface area contributed by atoms with E-state index in [0.29, 0.717) is 6.54 Å². The van der Waals surface area contributed by atoms with E-state index in [0.717, 1.165) is 17.9 Å². The lowest BCUT2D eigenvalue weighted by Crippen LogP contribution is -2.25. The molecule has 0 amide bonds. The monoisotopic (exact) mass is 204 g/mol.